The Morgan fingerprint density at radius 2 is 2.16 bits per heavy atom. The van der Waals surface area contributed by atoms with Crippen LogP contribution in [-0.2, 0) is 32.7 Å². The number of rotatable bonds is 6. The highest BCUT2D eigenvalue weighted by Crippen LogP contribution is 2.17. The summed E-state index contributed by atoms with van der Waals surface area (Å²) in [4.78, 5) is 4.60. The number of aromatic nitrogens is 3. The molecule has 0 fully saturated rings. The highest BCUT2D eigenvalue weighted by Gasteiger charge is 2.18. The molecule has 1 aliphatic rings. The monoisotopic (exact) mass is 341 g/mol. The van der Waals surface area contributed by atoms with Gasteiger partial charge in [0, 0.05) is 32.2 Å². The average Bonchev–Trinajstić information content (AvgIpc) is 3.30. The van der Waals surface area contributed by atoms with E-state index in [1.807, 2.05) is 18.2 Å². The van der Waals surface area contributed by atoms with E-state index in [-0.39, 0.29) is 0 Å². The van der Waals surface area contributed by atoms with Crippen molar-refractivity contribution in [3.63, 3.8) is 0 Å². The van der Waals surface area contributed by atoms with Gasteiger partial charge in [0.15, 0.2) is 5.76 Å². The van der Waals surface area contributed by atoms with Gasteiger partial charge in [-0.15, -0.1) is 0 Å². The van der Waals surface area contributed by atoms with E-state index in [0.29, 0.717) is 0 Å². The summed E-state index contributed by atoms with van der Waals surface area (Å²) in [5.41, 5.74) is 2.36. The molecular weight excluding hydrogens is 318 g/mol. The fraction of sp³-hybridized carbons (Fsp3) is 0.444. The van der Waals surface area contributed by atoms with Gasteiger partial charge in [0.05, 0.1) is 36.9 Å². The molecule has 0 aromatic carbocycles. The summed E-state index contributed by atoms with van der Waals surface area (Å²) in [5, 5.41) is 8.54. The molecule has 0 saturated heterocycles. The van der Waals surface area contributed by atoms with Crippen molar-refractivity contribution in [3.05, 3.63) is 59.6 Å². The van der Waals surface area contributed by atoms with Gasteiger partial charge in [0.2, 0.25) is 0 Å². The lowest BCUT2D eigenvalue weighted by Crippen LogP contribution is -2.22. The Kier molecular flexibility index (Phi) is 4.67. The minimum absolute atomic E-state index is 0.729. The third kappa shape index (κ3) is 4.00. The van der Waals surface area contributed by atoms with Gasteiger partial charge in [-0.05, 0) is 31.7 Å². The first-order valence-electron chi connectivity index (χ1n) is 8.65. The lowest BCUT2D eigenvalue weighted by molar-refractivity contribution is 0.239. The molecule has 0 spiro atoms. The van der Waals surface area contributed by atoms with E-state index in [4.69, 9.17) is 14.0 Å². The van der Waals surface area contributed by atoms with Gasteiger partial charge in [0.1, 0.15) is 5.76 Å². The van der Waals surface area contributed by atoms with Crippen molar-refractivity contribution in [2.24, 2.45) is 0 Å². The minimum Gasteiger partial charge on any atom is -0.468 e. The molecule has 0 aliphatic carbocycles. The number of aryl methyl sites for hydroxylation is 1. The van der Waals surface area contributed by atoms with Crippen LogP contribution in [0.2, 0.25) is 0 Å². The van der Waals surface area contributed by atoms with Crippen LogP contribution in [-0.4, -0.2) is 38.3 Å². The van der Waals surface area contributed by atoms with Crippen molar-refractivity contribution in [3.8, 4) is 0 Å². The Hall–Kier alpha value is -2.38. The Morgan fingerprint density at radius 3 is 2.96 bits per heavy atom. The molecule has 0 atom stereocenters. The number of furan rings is 1. The topological polar surface area (TPSA) is 63.5 Å². The Bertz CT molecular complexity index is 779. The molecule has 4 heterocycles. The molecule has 132 valence electrons. The van der Waals surface area contributed by atoms with Crippen molar-refractivity contribution in [1.29, 1.82) is 0 Å². The molecule has 0 saturated carbocycles. The van der Waals surface area contributed by atoms with E-state index >= 15 is 0 Å². The summed E-state index contributed by atoms with van der Waals surface area (Å²) in [6, 6.07) is 8.09. The van der Waals surface area contributed by atoms with Crippen LogP contribution < -0.4 is 0 Å². The fourth-order valence-corrected chi connectivity index (χ4v) is 3.35. The van der Waals surface area contributed by atoms with Gasteiger partial charge in [0.25, 0.3) is 0 Å². The number of hydrogen-bond acceptors (Lipinski definition) is 6. The fourth-order valence-electron chi connectivity index (χ4n) is 3.35. The molecule has 1 aliphatic heterocycles. The predicted octanol–water partition coefficient (Wildman–Crippen LogP) is 2.50. The maximum absolute atomic E-state index is 5.49. The predicted molar refractivity (Wildman–Crippen MR) is 91.3 cm³/mol. The van der Waals surface area contributed by atoms with E-state index in [1.165, 1.54) is 5.69 Å². The number of nitrogens with zero attached hydrogens (tertiary/aromatic N) is 5. The normalized spacial score (nSPS) is 15.4. The molecule has 7 nitrogen and oxygen atoms in total. The maximum Gasteiger partial charge on any atom is 0.150 e. The zero-order valence-corrected chi connectivity index (χ0v) is 14.5. The largest absolute Gasteiger partial charge is 0.468 e. The Morgan fingerprint density at radius 1 is 1.20 bits per heavy atom. The zero-order chi connectivity index (χ0) is 17.1. The molecule has 0 unspecified atom stereocenters. The summed E-state index contributed by atoms with van der Waals surface area (Å²) in [5.74, 6) is 1.88. The lowest BCUT2D eigenvalue weighted by atomic mass is 10.3. The molecule has 3 aromatic heterocycles. The molecular formula is C18H23N5O2. The van der Waals surface area contributed by atoms with Crippen LogP contribution in [0.1, 0.15) is 29.3 Å². The summed E-state index contributed by atoms with van der Waals surface area (Å²) in [7, 11) is 2.07. The van der Waals surface area contributed by atoms with Gasteiger partial charge < -0.3 is 8.94 Å². The summed E-state index contributed by atoms with van der Waals surface area (Å²) in [6.45, 7) is 5.30. The van der Waals surface area contributed by atoms with Crippen LogP contribution in [0.4, 0.5) is 0 Å². The molecule has 0 N–H and O–H groups in total. The van der Waals surface area contributed by atoms with Crippen LogP contribution in [0.25, 0.3) is 0 Å². The first kappa shape index (κ1) is 16.1. The van der Waals surface area contributed by atoms with Gasteiger partial charge >= 0.3 is 0 Å². The Labute approximate surface area is 146 Å². The lowest BCUT2D eigenvalue weighted by Gasteiger charge is -2.17. The standard InChI is InChI=1S/C18H23N5O2/c1-21(13-18-5-6-19-25-18)11-15-10-16-12-22(7-3-8-23(16)20-15)14-17-4-2-9-24-17/h2,4-6,9-10H,3,7-8,11-14H2,1H3. The molecule has 4 rings (SSSR count). The van der Waals surface area contributed by atoms with Crippen LogP contribution in [0.5, 0.6) is 0 Å². The van der Waals surface area contributed by atoms with Crippen molar-refractivity contribution in [2.45, 2.75) is 39.1 Å². The molecule has 3 aromatic rings. The van der Waals surface area contributed by atoms with Gasteiger partial charge in [-0.1, -0.05) is 5.16 Å². The summed E-state index contributed by atoms with van der Waals surface area (Å²) < 4.78 is 12.8. The first-order valence-corrected chi connectivity index (χ1v) is 8.65. The van der Waals surface area contributed by atoms with Gasteiger partial charge in [-0.2, -0.15) is 5.10 Å². The Balaban J connectivity index is 1.40. The van der Waals surface area contributed by atoms with E-state index in [2.05, 4.69) is 32.8 Å². The SMILES string of the molecule is CN(Cc1cc2n(n1)CCCN(Cc1ccco1)C2)Cc1ccno1. The summed E-state index contributed by atoms with van der Waals surface area (Å²) >= 11 is 0. The van der Waals surface area contributed by atoms with E-state index in [0.717, 1.165) is 62.9 Å². The number of fused-ring (bicyclic) bond motifs is 1. The number of hydrogen-bond donors (Lipinski definition) is 0. The zero-order valence-electron chi connectivity index (χ0n) is 14.5. The van der Waals surface area contributed by atoms with Crippen molar-refractivity contribution < 1.29 is 8.94 Å². The molecule has 25 heavy (non-hydrogen) atoms. The second-order valence-corrected chi connectivity index (χ2v) is 6.64. The van der Waals surface area contributed by atoms with Gasteiger partial charge in [-0.3, -0.25) is 14.5 Å². The van der Waals surface area contributed by atoms with Crippen molar-refractivity contribution in [1.82, 2.24) is 24.7 Å². The second kappa shape index (κ2) is 7.25. The maximum atomic E-state index is 5.49. The van der Waals surface area contributed by atoms with Gasteiger partial charge in [-0.25, -0.2) is 0 Å². The minimum atomic E-state index is 0.729. The molecule has 7 heteroatoms. The van der Waals surface area contributed by atoms with Crippen LogP contribution in [0, 0.1) is 0 Å². The van der Waals surface area contributed by atoms with Crippen LogP contribution >= 0.6 is 0 Å². The smallest absolute Gasteiger partial charge is 0.150 e. The van der Waals surface area contributed by atoms with Crippen molar-refractivity contribution in [2.75, 3.05) is 13.6 Å². The van der Waals surface area contributed by atoms with Crippen LogP contribution in [0.15, 0.2) is 45.7 Å². The van der Waals surface area contributed by atoms with Crippen molar-refractivity contribution >= 4 is 0 Å². The third-order valence-electron chi connectivity index (χ3n) is 4.45. The highest BCUT2D eigenvalue weighted by molar-refractivity contribution is 5.12. The second-order valence-electron chi connectivity index (χ2n) is 6.64. The average molecular weight is 341 g/mol. The molecule has 0 radical (unpaired) electrons. The van der Waals surface area contributed by atoms with E-state index in [9.17, 15) is 0 Å². The molecule has 0 bridgehead atoms. The van der Waals surface area contributed by atoms with Crippen LogP contribution in [0.3, 0.4) is 0 Å². The highest BCUT2D eigenvalue weighted by atomic mass is 16.5. The van der Waals surface area contributed by atoms with E-state index < -0.39 is 0 Å². The third-order valence-corrected chi connectivity index (χ3v) is 4.45. The van der Waals surface area contributed by atoms with E-state index in [1.54, 1.807) is 12.5 Å². The summed E-state index contributed by atoms with van der Waals surface area (Å²) in [6.07, 6.45) is 4.51. The quantitative estimate of drug-likeness (QED) is 0.686. The molecule has 0 amide bonds. The first-order chi connectivity index (χ1) is 12.3.